The molecule has 1 amide bonds. The van der Waals surface area contributed by atoms with Gasteiger partial charge in [0.15, 0.2) is 0 Å². The van der Waals surface area contributed by atoms with Gasteiger partial charge >= 0.3 is 0 Å². The third kappa shape index (κ3) is 4.18. The lowest BCUT2D eigenvalue weighted by atomic mass is 10.2. The van der Waals surface area contributed by atoms with Crippen molar-refractivity contribution in [1.82, 2.24) is 5.43 Å². The Hall–Kier alpha value is -0.480. The molecule has 0 spiro atoms. The molecule has 0 fully saturated rings. The van der Waals surface area contributed by atoms with Gasteiger partial charge in [0.25, 0.3) is 9.70 Å². The summed E-state index contributed by atoms with van der Waals surface area (Å²) >= 11 is 21.8. The summed E-state index contributed by atoms with van der Waals surface area (Å²) in [5.41, 5.74) is 2.72. The van der Waals surface area contributed by atoms with Gasteiger partial charge in [-0.25, -0.2) is 5.43 Å². The number of carbonyl (C=O) groups is 1. The van der Waals surface area contributed by atoms with Crippen LogP contribution in [0.3, 0.4) is 0 Å². The number of benzene rings is 1. The molecule has 1 rings (SSSR count). The first-order valence-corrected chi connectivity index (χ1v) is 5.57. The Morgan fingerprint density at radius 3 is 2.50 bits per heavy atom. The van der Waals surface area contributed by atoms with E-state index in [2.05, 4.69) is 10.5 Å². The molecule has 0 heterocycles. The molecule has 1 aromatic rings. The molecular weight excluding hydrogens is 294 g/mol. The van der Waals surface area contributed by atoms with E-state index in [9.17, 15) is 4.79 Å². The number of hydrogen-bond acceptors (Lipinski definition) is 2. The molecule has 1 N–H and O–H groups in total. The lowest BCUT2D eigenvalue weighted by molar-refractivity contribution is -0.120. The van der Waals surface area contributed by atoms with Crippen molar-refractivity contribution in [3.63, 3.8) is 0 Å². The van der Waals surface area contributed by atoms with Crippen LogP contribution in [0.1, 0.15) is 5.56 Å². The predicted molar refractivity (Wildman–Crippen MR) is 67.5 cm³/mol. The molecule has 1 aromatic carbocycles. The molecule has 86 valence electrons. The average Bonchev–Trinajstić information content (AvgIpc) is 2.19. The molecule has 7 heteroatoms. The van der Waals surface area contributed by atoms with Gasteiger partial charge < -0.3 is 0 Å². The zero-order valence-corrected chi connectivity index (χ0v) is 10.8. The van der Waals surface area contributed by atoms with Crippen molar-refractivity contribution in [2.75, 3.05) is 0 Å². The highest BCUT2D eigenvalue weighted by Crippen LogP contribution is 2.25. The van der Waals surface area contributed by atoms with Crippen molar-refractivity contribution in [2.45, 2.75) is 3.79 Å². The Morgan fingerprint density at radius 1 is 1.31 bits per heavy atom. The first-order valence-electron chi connectivity index (χ1n) is 4.06. The fourth-order valence-electron chi connectivity index (χ4n) is 0.804. The summed E-state index contributed by atoms with van der Waals surface area (Å²) in [6, 6.07) is 6.98. The number of nitrogens with one attached hydrogen (secondary N) is 1. The molecule has 0 aliphatic heterocycles. The minimum Gasteiger partial charge on any atom is -0.268 e. The molecule has 0 unspecified atom stereocenters. The summed E-state index contributed by atoms with van der Waals surface area (Å²) in [5, 5.41) is 4.12. The smallest absolute Gasteiger partial charge is 0.268 e. The van der Waals surface area contributed by atoms with Crippen LogP contribution in [0.5, 0.6) is 0 Å². The second-order valence-corrected chi connectivity index (χ2v) is 5.41. The molecule has 16 heavy (non-hydrogen) atoms. The minimum absolute atomic E-state index is 0.509. The van der Waals surface area contributed by atoms with Crippen LogP contribution in [0.25, 0.3) is 0 Å². The van der Waals surface area contributed by atoms with Gasteiger partial charge in [0.2, 0.25) is 0 Å². The van der Waals surface area contributed by atoms with Gasteiger partial charge in [-0.15, -0.1) is 0 Å². The van der Waals surface area contributed by atoms with Gasteiger partial charge in [-0.1, -0.05) is 64.6 Å². The molecular formula is C9H6Cl4N2O. The van der Waals surface area contributed by atoms with Crippen molar-refractivity contribution >= 4 is 58.5 Å². The number of amides is 1. The van der Waals surface area contributed by atoms with E-state index in [1.165, 1.54) is 6.21 Å². The van der Waals surface area contributed by atoms with Gasteiger partial charge in [-0.3, -0.25) is 4.79 Å². The standard InChI is InChI=1S/C9H6Cl4N2O/c10-7-4-2-1-3-6(7)5-14-15-8(16)9(11,12)13/h1-5H,(H,15,16)/b14-5+. The van der Waals surface area contributed by atoms with Crippen molar-refractivity contribution in [3.8, 4) is 0 Å². The molecule has 0 saturated carbocycles. The summed E-state index contributed by atoms with van der Waals surface area (Å²) in [7, 11) is 0. The molecule has 0 aliphatic rings. The minimum atomic E-state index is -2.03. The fraction of sp³-hybridized carbons (Fsp3) is 0.111. The third-order valence-corrected chi connectivity index (χ3v) is 2.39. The van der Waals surface area contributed by atoms with Crippen LogP contribution in [0, 0.1) is 0 Å². The van der Waals surface area contributed by atoms with Crippen LogP contribution in [0.4, 0.5) is 0 Å². The number of hydrazone groups is 1. The zero-order valence-electron chi connectivity index (χ0n) is 7.75. The van der Waals surface area contributed by atoms with Gasteiger partial charge in [0.05, 0.1) is 6.21 Å². The van der Waals surface area contributed by atoms with Crippen LogP contribution in [-0.4, -0.2) is 15.9 Å². The first-order chi connectivity index (χ1) is 7.41. The lowest BCUT2D eigenvalue weighted by Gasteiger charge is -2.07. The molecule has 3 nitrogen and oxygen atoms in total. The molecule has 0 aliphatic carbocycles. The summed E-state index contributed by atoms with van der Waals surface area (Å²) in [6.45, 7) is 0. The Bertz CT molecular complexity index is 414. The van der Waals surface area contributed by atoms with E-state index in [1.54, 1.807) is 24.3 Å². The van der Waals surface area contributed by atoms with E-state index in [0.29, 0.717) is 10.6 Å². The second-order valence-electron chi connectivity index (χ2n) is 2.72. The van der Waals surface area contributed by atoms with Crippen molar-refractivity contribution in [2.24, 2.45) is 5.10 Å². The Morgan fingerprint density at radius 2 is 1.94 bits per heavy atom. The summed E-state index contributed by atoms with van der Waals surface area (Å²) in [6.07, 6.45) is 1.36. The first kappa shape index (κ1) is 13.6. The summed E-state index contributed by atoms with van der Waals surface area (Å²) in [4.78, 5) is 11.1. The van der Waals surface area contributed by atoms with Crippen LogP contribution in [0.2, 0.25) is 5.02 Å². The van der Waals surface area contributed by atoms with Gasteiger partial charge in [0, 0.05) is 10.6 Å². The molecule has 0 radical (unpaired) electrons. The maximum atomic E-state index is 11.1. The highest BCUT2D eigenvalue weighted by atomic mass is 35.6. The third-order valence-electron chi connectivity index (χ3n) is 1.53. The van der Waals surface area contributed by atoms with Gasteiger partial charge in [-0.2, -0.15) is 5.10 Å². The maximum absolute atomic E-state index is 11.1. The quantitative estimate of drug-likeness (QED) is 0.509. The largest absolute Gasteiger partial charge is 0.292 e. The van der Waals surface area contributed by atoms with E-state index in [0.717, 1.165) is 0 Å². The number of carbonyl (C=O) groups excluding carboxylic acids is 1. The molecule has 0 bridgehead atoms. The second kappa shape index (κ2) is 5.73. The normalized spacial score (nSPS) is 11.8. The summed E-state index contributed by atoms with van der Waals surface area (Å²) in [5.74, 6) is -0.833. The SMILES string of the molecule is O=C(N/N=C/c1ccccc1Cl)C(Cl)(Cl)Cl. The number of halogens is 4. The van der Waals surface area contributed by atoms with Crippen LogP contribution in [0.15, 0.2) is 29.4 Å². The Kier molecular flexibility index (Phi) is 4.87. The molecule has 0 aromatic heterocycles. The van der Waals surface area contributed by atoms with Crippen molar-refractivity contribution < 1.29 is 4.79 Å². The Labute approximate surface area is 112 Å². The van der Waals surface area contributed by atoms with E-state index in [1.807, 2.05) is 0 Å². The zero-order chi connectivity index (χ0) is 12.2. The van der Waals surface area contributed by atoms with Gasteiger partial charge in [-0.05, 0) is 6.07 Å². The van der Waals surface area contributed by atoms with Crippen molar-refractivity contribution in [1.29, 1.82) is 0 Å². The number of nitrogens with zero attached hydrogens (tertiary/aromatic N) is 1. The van der Waals surface area contributed by atoms with E-state index in [-0.39, 0.29) is 0 Å². The molecule has 0 atom stereocenters. The van der Waals surface area contributed by atoms with Crippen LogP contribution < -0.4 is 5.43 Å². The van der Waals surface area contributed by atoms with Gasteiger partial charge in [0.1, 0.15) is 0 Å². The lowest BCUT2D eigenvalue weighted by Crippen LogP contribution is -2.30. The molecule has 0 saturated heterocycles. The van der Waals surface area contributed by atoms with E-state index >= 15 is 0 Å². The summed E-state index contributed by atoms with van der Waals surface area (Å²) < 4.78 is -2.03. The number of rotatable bonds is 2. The average molecular weight is 300 g/mol. The van der Waals surface area contributed by atoms with Crippen LogP contribution >= 0.6 is 46.4 Å². The maximum Gasteiger partial charge on any atom is 0.292 e. The van der Waals surface area contributed by atoms with Crippen LogP contribution in [-0.2, 0) is 4.79 Å². The monoisotopic (exact) mass is 298 g/mol. The highest BCUT2D eigenvalue weighted by molar-refractivity contribution is 6.76. The van der Waals surface area contributed by atoms with E-state index < -0.39 is 9.70 Å². The van der Waals surface area contributed by atoms with E-state index in [4.69, 9.17) is 46.4 Å². The fourth-order valence-corrected chi connectivity index (χ4v) is 1.11. The topological polar surface area (TPSA) is 41.5 Å². The number of hydrogen-bond donors (Lipinski definition) is 1. The predicted octanol–water partition coefficient (Wildman–Crippen LogP) is 3.16. The van der Waals surface area contributed by atoms with Crippen molar-refractivity contribution in [3.05, 3.63) is 34.9 Å². The number of alkyl halides is 3. The Balaban J connectivity index is 2.63. The highest BCUT2D eigenvalue weighted by Gasteiger charge is 2.30.